The van der Waals surface area contributed by atoms with Crippen LogP contribution < -0.4 is 0 Å². The summed E-state index contributed by atoms with van der Waals surface area (Å²) in [6, 6.07) is 8.90. The molecule has 1 saturated heterocycles. The van der Waals surface area contributed by atoms with Crippen LogP contribution in [0.1, 0.15) is 31.5 Å². The van der Waals surface area contributed by atoms with Gasteiger partial charge in [-0.15, -0.1) is 0 Å². The van der Waals surface area contributed by atoms with Crippen LogP contribution in [0.4, 0.5) is 4.39 Å². The van der Waals surface area contributed by atoms with Gasteiger partial charge in [-0.05, 0) is 50.5 Å². The van der Waals surface area contributed by atoms with Gasteiger partial charge in [0.05, 0.1) is 16.9 Å². The van der Waals surface area contributed by atoms with E-state index in [1.54, 1.807) is 18.6 Å². The summed E-state index contributed by atoms with van der Waals surface area (Å²) in [4.78, 5) is 17.9. The van der Waals surface area contributed by atoms with Crippen LogP contribution in [0.15, 0.2) is 53.9 Å². The Balaban J connectivity index is 1.51. The molecule has 1 aromatic heterocycles. The van der Waals surface area contributed by atoms with Gasteiger partial charge in [0.2, 0.25) is 5.96 Å². The maximum absolute atomic E-state index is 13.9. The average Bonchev–Trinajstić information content (AvgIpc) is 2.93. The lowest BCUT2D eigenvalue weighted by molar-refractivity contribution is 0.243. The molecule has 0 unspecified atom stereocenters. The second kappa shape index (κ2) is 7.10. The van der Waals surface area contributed by atoms with Gasteiger partial charge < -0.3 is 9.80 Å². The molecule has 27 heavy (non-hydrogen) atoms. The Labute approximate surface area is 159 Å². The van der Waals surface area contributed by atoms with Crippen LogP contribution in [0.3, 0.4) is 0 Å². The summed E-state index contributed by atoms with van der Waals surface area (Å²) in [5.41, 5.74) is 2.50. The number of aliphatic imine (C=N–C) groups is 1. The molecule has 5 nitrogen and oxygen atoms in total. The van der Waals surface area contributed by atoms with Gasteiger partial charge in [0.1, 0.15) is 12.1 Å². The fourth-order valence-electron chi connectivity index (χ4n) is 3.83. The highest BCUT2D eigenvalue weighted by atomic mass is 19.1. The van der Waals surface area contributed by atoms with E-state index in [1.165, 1.54) is 6.07 Å². The number of aromatic nitrogens is 2. The minimum absolute atomic E-state index is 0.0109. The topological polar surface area (TPSA) is 44.6 Å². The highest BCUT2D eigenvalue weighted by Crippen LogP contribution is 2.31. The van der Waals surface area contributed by atoms with Crippen molar-refractivity contribution in [1.29, 1.82) is 0 Å². The lowest BCUT2D eigenvalue weighted by Gasteiger charge is -2.32. The van der Waals surface area contributed by atoms with Gasteiger partial charge in [-0.1, -0.05) is 18.2 Å². The molecule has 2 aliphatic heterocycles. The first-order valence-corrected chi connectivity index (χ1v) is 9.36. The van der Waals surface area contributed by atoms with Gasteiger partial charge in [0.25, 0.3) is 0 Å². The molecule has 0 aliphatic carbocycles. The zero-order valence-corrected chi connectivity index (χ0v) is 15.8. The maximum Gasteiger partial charge on any atom is 0.202 e. The van der Waals surface area contributed by atoms with Crippen molar-refractivity contribution in [3.63, 3.8) is 0 Å². The number of aryl methyl sites for hydroxylation is 1. The largest absolute Gasteiger partial charge is 0.336 e. The molecule has 0 radical (unpaired) electrons. The predicted octanol–water partition coefficient (Wildman–Crippen LogP) is 3.36. The second-order valence-electron chi connectivity index (χ2n) is 7.64. The van der Waals surface area contributed by atoms with E-state index in [-0.39, 0.29) is 11.4 Å². The molecule has 3 heterocycles. The van der Waals surface area contributed by atoms with E-state index in [0.29, 0.717) is 0 Å². The zero-order valence-electron chi connectivity index (χ0n) is 15.8. The van der Waals surface area contributed by atoms with E-state index >= 15 is 0 Å². The average molecular weight is 365 g/mol. The molecule has 2 aromatic rings. The quantitative estimate of drug-likeness (QED) is 0.815. The van der Waals surface area contributed by atoms with Crippen molar-refractivity contribution in [3.05, 3.63) is 66.0 Å². The van der Waals surface area contributed by atoms with Crippen molar-refractivity contribution >= 4 is 11.7 Å². The molecule has 0 N–H and O–H groups in total. The number of halogens is 1. The third-order valence-corrected chi connectivity index (χ3v) is 5.19. The Morgan fingerprint density at radius 3 is 2.81 bits per heavy atom. The lowest BCUT2D eigenvalue weighted by atomic mass is 10.0. The molecule has 6 heteroatoms. The van der Waals surface area contributed by atoms with E-state index in [0.717, 1.165) is 55.4 Å². The Bertz CT molecular complexity index is 875. The molecule has 2 aliphatic rings. The Hall–Kier alpha value is -2.76. The first-order valence-electron chi connectivity index (χ1n) is 9.36. The first-order chi connectivity index (χ1) is 13.0. The molecule has 0 atom stereocenters. The van der Waals surface area contributed by atoms with Gasteiger partial charge in [-0.2, -0.15) is 0 Å². The molecule has 4 rings (SSSR count). The van der Waals surface area contributed by atoms with E-state index in [2.05, 4.69) is 39.7 Å². The van der Waals surface area contributed by atoms with Crippen LogP contribution in [0.25, 0.3) is 5.70 Å². The van der Waals surface area contributed by atoms with Crippen LogP contribution in [0.2, 0.25) is 0 Å². The van der Waals surface area contributed by atoms with E-state index in [4.69, 9.17) is 4.99 Å². The molecular formula is C21H24FN5. The standard InChI is InChI=1S/C21H24FN5/c1-21(2)14-26-13-10-19(18-9-11-23-15-24-18)25-20(26)27(21)12-5-7-16-6-3-4-8-17(16)22/h3-4,6,8-11,15H,5,7,12-14H2,1-2H3. The minimum atomic E-state index is -0.121. The predicted molar refractivity (Wildman–Crippen MR) is 105 cm³/mol. The molecular weight excluding hydrogens is 341 g/mol. The summed E-state index contributed by atoms with van der Waals surface area (Å²) < 4.78 is 13.9. The monoisotopic (exact) mass is 365 g/mol. The number of benzene rings is 1. The van der Waals surface area contributed by atoms with Crippen LogP contribution in [-0.4, -0.2) is 50.9 Å². The molecule has 140 valence electrons. The molecule has 0 bridgehead atoms. The van der Waals surface area contributed by atoms with Gasteiger partial charge in [-0.3, -0.25) is 0 Å². The van der Waals surface area contributed by atoms with Gasteiger partial charge in [-0.25, -0.2) is 19.4 Å². The molecule has 0 amide bonds. The maximum atomic E-state index is 13.9. The van der Waals surface area contributed by atoms with Gasteiger partial charge in [0, 0.05) is 25.8 Å². The Morgan fingerprint density at radius 1 is 1.19 bits per heavy atom. The normalized spacial score (nSPS) is 18.2. The highest BCUT2D eigenvalue weighted by Gasteiger charge is 2.41. The third-order valence-electron chi connectivity index (χ3n) is 5.19. The van der Waals surface area contributed by atoms with E-state index in [9.17, 15) is 4.39 Å². The summed E-state index contributed by atoms with van der Waals surface area (Å²) in [6.07, 6.45) is 7.00. The Kier molecular flexibility index (Phi) is 4.64. The number of rotatable bonds is 5. The number of hydrogen-bond acceptors (Lipinski definition) is 5. The summed E-state index contributed by atoms with van der Waals surface area (Å²) in [5, 5.41) is 0. The molecule has 1 fully saturated rings. The number of nitrogens with zero attached hydrogens (tertiary/aromatic N) is 5. The van der Waals surface area contributed by atoms with Crippen LogP contribution in [0, 0.1) is 5.82 Å². The van der Waals surface area contributed by atoms with Crippen LogP contribution >= 0.6 is 0 Å². The van der Waals surface area contributed by atoms with E-state index < -0.39 is 0 Å². The number of fused-ring (bicyclic) bond motifs is 1. The smallest absolute Gasteiger partial charge is 0.202 e. The van der Waals surface area contributed by atoms with Crippen LogP contribution in [0.5, 0.6) is 0 Å². The molecule has 1 aromatic carbocycles. The van der Waals surface area contributed by atoms with Crippen molar-refractivity contribution in [3.8, 4) is 0 Å². The van der Waals surface area contributed by atoms with Crippen molar-refractivity contribution in [1.82, 2.24) is 19.8 Å². The fraction of sp³-hybridized carbons (Fsp3) is 0.381. The number of guanidine groups is 1. The fourth-order valence-corrected chi connectivity index (χ4v) is 3.83. The summed E-state index contributed by atoms with van der Waals surface area (Å²) >= 11 is 0. The number of hydrogen-bond donors (Lipinski definition) is 0. The third kappa shape index (κ3) is 3.56. The second-order valence-corrected chi connectivity index (χ2v) is 7.64. The van der Waals surface area contributed by atoms with Crippen LogP contribution in [-0.2, 0) is 6.42 Å². The molecule has 0 saturated carbocycles. The summed E-state index contributed by atoms with van der Waals surface area (Å²) in [7, 11) is 0. The lowest BCUT2D eigenvalue weighted by Crippen LogP contribution is -2.43. The Morgan fingerprint density at radius 2 is 2.04 bits per heavy atom. The first kappa shape index (κ1) is 17.6. The highest BCUT2D eigenvalue weighted by molar-refractivity contribution is 5.90. The zero-order chi connectivity index (χ0) is 18.9. The van der Waals surface area contributed by atoms with Crippen molar-refractivity contribution in [2.75, 3.05) is 19.6 Å². The van der Waals surface area contributed by atoms with Crippen molar-refractivity contribution in [2.45, 2.75) is 32.2 Å². The van der Waals surface area contributed by atoms with Gasteiger partial charge >= 0.3 is 0 Å². The van der Waals surface area contributed by atoms with Crippen molar-refractivity contribution < 1.29 is 4.39 Å². The molecule has 0 spiro atoms. The summed E-state index contributed by atoms with van der Waals surface area (Å²) in [6.45, 7) is 7.07. The van der Waals surface area contributed by atoms with E-state index in [1.807, 2.05) is 18.2 Å². The van der Waals surface area contributed by atoms with Gasteiger partial charge in [0.15, 0.2) is 0 Å². The SMILES string of the molecule is CC1(C)CN2CC=C(c3ccncn3)N=C2N1CCCc1ccccc1F. The van der Waals surface area contributed by atoms with Crippen molar-refractivity contribution in [2.24, 2.45) is 4.99 Å². The minimum Gasteiger partial charge on any atom is -0.336 e. The summed E-state index contributed by atoms with van der Waals surface area (Å²) in [5.74, 6) is 0.869.